The van der Waals surface area contributed by atoms with E-state index in [1.807, 2.05) is 19.9 Å². The number of hydrogen-bond acceptors (Lipinski definition) is 4. The third kappa shape index (κ3) is 7.76. The number of benzene rings is 2. The SMILES string of the molecule is Cc1cccc(NC(=O)COC(=O)CCCC(=O)Nc2cccc(C(F)(F)F)c2)c1C. The number of carbonyl (C=O) groups is 3. The molecule has 31 heavy (non-hydrogen) atoms. The van der Waals surface area contributed by atoms with Gasteiger partial charge in [0, 0.05) is 24.2 Å². The van der Waals surface area contributed by atoms with Crippen molar-refractivity contribution in [1.82, 2.24) is 0 Å². The average Bonchev–Trinajstić information content (AvgIpc) is 2.69. The smallest absolute Gasteiger partial charge is 0.416 e. The number of esters is 1. The second-order valence-electron chi connectivity index (χ2n) is 6.94. The van der Waals surface area contributed by atoms with Crippen molar-refractivity contribution in [1.29, 1.82) is 0 Å². The van der Waals surface area contributed by atoms with Crippen molar-refractivity contribution >= 4 is 29.2 Å². The molecule has 0 saturated heterocycles. The van der Waals surface area contributed by atoms with E-state index < -0.39 is 36.1 Å². The second kappa shape index (κ2) is 10.6. The Balaban J connectivity index is 1.70. The third-order valence-corrected chi connectivity index (χ3v) is 4.50. The standard InChI is InChI=1S/C22H23F3N2O4/c1-14-6-3-9-18(15(14)2)27-20(29)13-31-21(30)11-5-10-19(28)26-17-8-4-7-16(12-17)22(23,24)25/h3-4,6-9,12H,5,10-11,13H2,1-2H3,(H,26,28)(H,27,29). The number of hydrogen-bond donors (Lipinski definition) is 2. The summed E-state index contributed by atoms with van der Waals surface area (Å²) in [6.07, 6.45) is -4.57. The molecule has 2 aromatic rings. The summed E-state index contributed by atoms with van der Waals surface area (Å²) in [4.78, 5) is 35.6. The van der Waals surface area contributed by atoms with Crippen LogP contribution in [-0.4, -0.2) is 24.4 Å². The number of carbonyl (C=O) groups excluding carboxylic acids is 3. The van der Waals surface area contributed by atoms with Gasteiger partial charge in [-0.1, -0.05) is 18.2 Å². The van der Waals surface area contributed by atoms with Gasteiger partial charge in [0.1, 0.15) is 0 Å². The van der Waals surface area contributed by atoms with Crippen LogP contribution in [0.25, 0.3) is 0 Å². The molecule has 0 radical (unpaired) electrons. The summed E-state index contributed by atoms with van der Waals surface area (Å²) in [6, 6.07) is 9.73. The number of amides is 2. The average molecular weight is 436 g/mol. The molecule has 2 aromatic carbocycles. The highest BCUT2D eigenvalue weighted by Crippen LogP contribution is 2.30. The van der Waals surface area contributed by atoms with Crippen molar-refractivity contribution in [2.24, 2.45) is 0 Å². The topological polar surface area (TPSA) is 84.5 Å². The van der Waals surface area contributed by atoms with Gasteiger partial charge >= 0.3 is 12.1 Å². The lowest BCUT2D eigenvalue weighted by molar-refractivity contribution is -0.147. The largest absolute Gasteiger partial charge is 0.456 e. The molecule has 0 saturated carbocycles. The normalized spacial score (nSPS) is 11.0. The van der Waals surface area contributed by atoms with Gasteiger partial charge in [0.2, 0.25) is 5.91 Å². The molecular weight excluding hydrogens is 413 g/mol. The number of anilines is 2. The predicted molar refractivity (Wildman–Crippen MR) is 109 cm³/mol. The molecule has 0 aromatic heterocycles. The lowest BCUT2D eigenvalue weighted by Gasteiger charge is -2.11. The van der Waals surface area contributed by atoms with Crippen LogP contribution in [0, 0.1) is 13.8 Å². The Morgan fingerprint density at radius 2 is 1.65 bits per heavy atom. The highest BCUT2D eigenvalue weighted by Gasteiger charge is 2.30. The quantitative estimate of drug-likeness (QED) is 0.592. The van der Waals surface area contributed by atoms with Crippen molar-refractivity contribution in [2.75, 3.05) is 17.2 Å². The van der Waals surface area contributed by atoms with Crippen LogP contribution < -0.4 is 10.6 Å². The number of alkyl halides is 3. The van der Waals surface area contributed by atoms with Crippen LogP contribution in [0.2, 0.25) is 0 Å². The summed E-state index contributed by atoms with van der Waals surface area (Å²) in [5.41, 5.74) is 1.71. The first-order valence-corrected chi connectivity index (χ1v) is 9.55. The van der Waals surface area contributed by atoms with Gasteiger partial charge < -0.3 is 15.4 Å². The Bertz CT molecular complexity index is 958. The molecule has 166 valence electrons. The first kappa shape index (κ1) is 23.9. The zero-order valence-electron chi connectivity index (χ0n) is 17.1. The molecule has 0 fully saturated rings. The van der Waals surface area contributed by atoms with E-state index in [1.165, 1.54) is 12.1 Å². The predicted octanol–water partition coefficient (Wildman–Crippen LogP) is 4.61. The molecule has 0 aliphatic rings. The lowest BCUT2D eigenvalue weighted by atomic mass is 10.1. The van der Waals surface area contributed by atoms with E-state index in [1.54, 1.807) is 12.1 Å². The molecule has 0 unspecified atom stereocenters. The minimum absolute atomic E-state index is 0.0190. The van der Waals surface area contributed by atoms with Crippen LogP contribution >= 0.6 is 0 Å². The van der Waals surface area contributed by atoms with Crippen LogP contribution in [0.3, 0.4) is 0 Å². The van der Waals surface area contributed by atoms with Gasteiger partial charge in [0.05, 0.1) is 5.56 Å². The maximum absolute atomic E-state index is 12.7. The Morgan fingerprint density at radius 1 is 0.935 bits per heavy atom. The fourth-order valence-corrected chi connectivity index (χ4v) is 2.68. The van der Waals surface area contributed by atoms with E-state index in [9.17, 15) is 27.6 Å². The molecular formula is C22H23F3N2O4. The van der Waals surface area contributed by atoms with Crippen molar-refractivity contribution in [3.8, 4) is 0 Å². The van der Waals surface area contributed by atoms with Gasteiger partial charge in [-0.2, -0.15) is 13.2 Å². The summed E-state index contributed by atoms with van der Waals surface area (Å²) in [5, 5.41) is 5.02. The second-order valence-corrected chi connectivity index (χ2v) is 6.94. The van der Waals surface area contributed by atoms with E-state index in [4.69, 9.17) is 4.74 Å². The van der Waals surface area contributed by atoms with Crippen LogP contribution in [0.15, 0.2) is 42.5 Å². The van der Waals surface area contributed by atoms with Gasteiger partial charge in [-0.3, -0.25) is 14.4 Å². The zero-order chi connectivity index (χ0) is 23.0. The molecule has 0 atom stereocenters. The molecule has 2 rings (SSSR count). The summed E-state index contributed by atoms with van der Waals surface area (Å²) in [6.45, 7) is 3.32. The van der Waals surface area contributed by atoms with Crippen molar-refractivity contribution in [3.63, 3.8) is 0 Å². The molecule has 0 aliphatic carbocycles. The van der Waals surface area contributed by atoms with Crippen LogP contribution in [0.5, 0.6) is 0 Å². The van der Waals surface area contributed by atoms with Gasteiger partial charge in [-0.25, -0.2) is 0 Å². The Morgan fingerprint density at radius 3 is 2.35 bits per heavy atom. The van der Waals surface area contributed by atoms with Crippen molar-refractivity contribution in [2.45, 2.75) is 39.3 Å². The van der Waals surface area contributed by atoms with E-state index in [0.717, 1.165) is 23.3 Å². The highest BCUT2D eigenvalue weighted by molar-refractivity contribution is 5.94. The lowest BCUT2D eigenvalue weighted by Crippen LogP contribution is -2.21. The minimum Gasteiger partial charge on any atom is -0.456 e. The van der Waals surface area contributed by atoms with Crippen molar-refractivity contribution in [3.05, 3.63) is 59.2 Å². The minimum atomic E-state index is -4.51. The highest BCUT2D eigenvalue weighted by atomic mass is 19.4. The van der Waals surface area contributed by atoms with E-state index in [0.29, 0.717) is 5.69 Å². The monoisotopic (exact) mass is 436 g/mol. The van der Waals surface area contributed by atoms with E-state index in [-0.39, 0.29) is 24.9 Å². The van der Waals surface area contributed by atoms with Gasteiger partial charge in [-0.05, 0) is 55.7 Å². The molecule has 2 N–H and O–H groups in total. The van der Waals surface area contributed by atoms with Crippen LogP contribution in [0.1, 0.15) is 36.0 Å². The van der Waals surface area contributed by atoms with Crippen LogP contribution in [-0.2, 0) is 25.3 Å². The number of ether oxygens (including phenoxy) is 1. The molecule has 9 heteroatoms. The van der Waals surface area contributed by atoms with E-state index in [2.05, 4.69) is 10.6 Å². The number of rotatable bonds is 8. The summed E-state index contributed by atoms with van der Waals surface area (Å²) in [7, 11) is 0. The maximum atomic E-state index is 12.7. The number of aryl methyl sites for hydroxylation is 1. The fraction of sp³-hybridized carbons (Fsp3) is 0.318. The first-order chi connectivity index (χ1) is 14.6. The third-order valence-electron chi connectivity index (χ3n) is 4.50. The Kier molecular flexibility index (Phi) is 8.18. The molecule has 0 spiro atoms. The maximum Gasteiger partial charge on any atom is 0.416 e. The molecule has 0 bridgehead atoms. The molecule has 6 nitrogen and oxygen atoms in total. The Labute approximate surface area is 177 Å². The molecule has 0 aliphatic heterocycles. The number of halogens is 3. The molecule has 0 heterocycles. The fourth-order valence-electron chi connectivity index (χ4n) is 2.68. The van der Waals surface area contributed by atoms with Crippen LogP contribution in [0.4, 0.5) is 24.5 Å². The van der Waals surface area contributed by atoms with Gasteiger partial charge in [0.15, 0.2) is 6.61 Å². The summed E-state index contributed by atoms with van der Waals surface area (Å²) < 4.78 is 43.0. The van der Waals surface area contributed by atoms with Gasteiger partial charge in [0.25, 0.3) is 5.91 Å². The first-order valence-electron chi connectivity index (χ1n) is 9.55. The Hall–Kier alpha value is -3.36. The molecule has 2 amide bonds. The summed E-state index contributed by atoms with van der Waals surface area (Å²) in [5.74, 6) is -1.66. The van der Waals surface area contributed by atoms with Gasteiger partial charge in [-0.15, -0.1) is 0 Å². The summed E-state index contributed by atoms with van der Waals surface area (Å²) >= 11 is 0. The number of nitrogens with one attached hydrogen (secondary N) is 2. The zero-order valence-corrected chi connectivity index (χ0v) is 17.1. The van der Waals surface area contributed by atoms with E-state index >= 15 is 0 Å². The van der Waals surface area contributed by atoms with Crippen molar-refractivity contribution < 1.29 is 32.3 Å².